The summed E-state index contributed by atoms with van der Waals surface area (Å²) in [4.78, 5) is 62.1. The lowest BCUT2D eigenvalue weighted by Crippen LogP contribution is -2.37. The quantitative estimate of drug-likeness (QED) is 0.0802. The summed E-state index contributed by atoms with van der Waals surface area (Å²) in [6.45, 7) is 17.6. The zero-order valence-electron chi connectivity index (χ0n) is 79.9. The van der Waals surface area contributed by atoms with Crippen LogP contribution in [0.5, 0.6) is 0 Å². The highest BCUT2D eigenvalue weighted by Crippen LogP contribution is 2.43. The van der Waals surface area contributed by atoms with Gasteiger partial charge in [0, 0.05) is 222 Å². The summed E-state index contributed by atoms with van der Waals surface area (Å²) in [5, 5.41) is 8.71. The molecule has 0 spiro atoms. The molecule has 12 aromatic heterocycles. The van der Waals surface area contributed by atoms with Crippen molar-refractivity contribution in [1.29, 1.82) is 0 Å². The summed E-state index contributed by atoms with van der Waals surface area (Å²) >= 11 is 24.7. The van der Waals surface area contributed by atoms with E-state index in [0.29, 0.717) is 99.7 Å². The number of hydrogen-bond donors (Lipinski definition) is 1. The van der Waals surface area contributed by atoms with Crippen LogP contribution in [0.3, 0.4) is 0 Å². The molecule has 718 valence electrons. The number of benzene rings is 8. The van der Waals surface area contributed by atoms with E-state index in [4.69, 9.17) is 46.4 Å². The molecule has 0 radical (unpaired) electrons. The Morgan fingerprint density at radius 3 is 1.07 bits per heavy atom. The zero-order valence-corrected chi connectivity index (χ0v) is 82.9. The summed E-state index contributed by atoms with van der Waals surface area (Å²) in [5.74, 6) is -0.911. The molecule has 0 saturated carbocycles. The maximum absolute atomic E-state index is 14.8. The SMILES string of the molecule is CC(C)N1CCC(c2ccc(-c3cncc(-c4cc(-c5cc(Cl)ccc5F)nc5ncccc45)c3)cc2)CC1.CCN1CCc2ccc(-c3cncc(-c4cc(-c5cc(Cl)ccc5F)nc5ncccc45)c3)cc2C1.Fc1ccc(Cl)cc1-c1cc(-c2cncc(-c3ccc(CCN4CCCC4)cc3)c2)c2cccnc2n1.Fc1ccc(Cl)cc1-c1cc(-c2cncc(-c3ccc4c(c3)CNC4)c2)c2cccnc2n1. The molecule has 145 heavy (non-hydrogen) atoms. The lowest BCUT2D eigenvalue weighted by atomic mass is 9.88. The number of hydrogen-bond acceptors (Lipinski definition) is 16. The number of aromatic nitrogens is 12. The second-order valence-electron chi connectivity index (χ2n) is 37.3. The third-order valence-corrected chi connectivity index (χ3v) is 28.7. The summed E-state index contributed by atoms with van der Waals surface area (Å²) in [7, 11) is 0. The van der Waals surface area contributed by atoms with Gasteiger partial charge in [-0.25, -0.2) is 57.4 Å². The Kier molecular flexibility index (Phi) is 28.9. The van der Waals surface area contributed by atoms with Crippen LogP contribution in [-0.4, -0.2) is 126 Å². The number of piperidine rings is 1. The minimum absolute atomic E-state index is 0.339. The van der Waals surface area contributed by atoms with Crippen LogP contribution in [-0.2, 0) is 32.5 Å². The van der Waals surface area contributed by atoms with E-state index >= 15 is 0 Å². The van der Waals surface area contributed by atoms with Gasteiger partial charge in [0.25, 0.3) is 0 Å². The van der Waals surface area contributed by atoms with Gasteiger partial charge in [0.2, 0.25) is 0 Å². The third kappa shape index (κ3) is 21.8. The van der Waals surface area contributed by atoms with E-state index in [2.05, 4.69) is 210 Å². The second-order valence-corrected chi connectivity index (χ2v) is 39.0. The van der Waals surface area contributed by atoms with Crippen LogP contribution in [0, 0.1) is 23.3 Å². The molecule has 8 aromatic carbocycles. The van der Waals surface area contributed by atoms with Crippen LogP contribution >= 0.6 is 46.4 Å². The van der Waals surface area contributed by atoms with E-state index in [9.17, 15) is 17.6 Å². The number of pyridine rings is 12. The molecule has 0 bridgehead atoms. The predicted molar refractivity (Wildman–Crippen MR) is 578 cm³/mol. The smallest absolute Gasteiger partial charge is 0.160 e. The summed E-state index contributed by atoms with van der Waals surface area (Å²) in [5.41, 5.74) is 29.5. The maximum atomic E-state index is 14.8. The van der Waals surface area contributed by atoms with E-state index < -0.39 is 0 Å². The molecule has 0 amide bonds. The fourth-order valence-corrected chi connectivity index (χ4v) is 20.6. The first-order valence-corrected chi connectivity index (χ1v) is 50.4. The molecule has 16 nitrogen and oxygen atoms in total. The van der Waals surface area contributed by atoms with Crippen molar-refractivity contribution in [2.24, 2.45) is 0 Å². The Labute approximate surface area is 858 Å². The van der Waals surface area contributed by atoms with Gasteiger partial charge in [0.15, 0.2) is 22.6 Å². The van der Waals surface area contributed by atoms with Gasteiger partial charge < -0.3 is 15.1 Å². The molecule has 24 heteroatoms. The molecule has 2 fully saturated rings. The van der Waals surface area contributed by atoms with Crippen LogP contribution in [0.1, 0.15) is 85.8 Å². The number of nitrogens with one attached hydrogen (secondary N) is 1. The van der Waals surface area contributed by atoms with Crippen molar-refractivity contribution >= 4 is 90.5 Å². The zero-order chi connectivity index (χ0) is 99.1. The van der Waals surface area contributed by atoms with E-state index in [0.717, 1.165) is 176 Å². The topological polar surface area (TPSA) is 176 Å². The first kappa shape index (κ1) is 96.5. The van der Waals surface area contributed by atoms with Crippen LogP contribution in [0.25, 0.3) is 178 Å². The molecule has 16 heterocycles. The number of nitrogens with zero attached hydrogens (tertiary/aromatic N) is 15. The van der Waals surface area contributed by atoms with Crippen molar-refractivity contribution in [2.45, 2.75) is 90.9 Å². The average Bonchev–Trinajstić information content (AvgIpc) is 0.946. The number of likely N-dealkylation sites (tertiary alicyclic amines) is 2. The van der Waals surface area contributed by atoms with Gasteiger partial charge in [-0.2, -0.15) is 0 Å². The molecular weight excluding hydrogens is 1900 g/mol. The minimum Gasteiger partial charge on any atom is -0.309 e. The standard InChI is InChI=1S/C33H30ClFN4.C31H26ClFN4.C30H24ClFN4.C27H18ClFN4/c1-21(2)39-14-11-24(12-15-39)22-5-7-23(8-6-22)25-16-26(20-36-19-25)29-18-32(30-17-27(34)9-10-31(30)35)38-33-28(29)4-3-13-37-33;32-25-9-10-29(33)28(17-25)30-18-27(26-4-3-12-35-31(26)36-30)24-16-23(19-34-20-24)22-7-5-21(6-8-22)11-15-37-13-1-2-14-37;1-2-36-11-9-19-5-6-20(12-23(19)18-36)21-13-22(17-33-16-21)26-15-29(27-14-24(31)7-8-28(27)32)35-30-25(26)4-3-10-34-30;28-21-5-6-25(29)24(10-21)26-11-23(22-2-1-7-32-27(22)33-26)20-9-18(13-31-15-20)16-3-4-17-12-30-14-19(17)8-16/h3-10,13,16-21,24H,11-12,14-15H2,1-2H3;3-10,12,16-20H,1-2,11,13-15H2;3-8,10,12-17H,2,9,11,18H2,1H3;1-11,13,15,30H,12,14H2. The highest BCUT2D eigenvalue weighted by molar-refractivity contribution is 6.32. The largest absolute Gasteiger partial charge is 0.309 e. The normalized spacial score (nSPS) is 13.8. The molecule has 0 aliphatic carbocycles. The summed E-state index contributed by atoms with van der Waals surface area (Å²) in [6, 6.07) is 81.0. The highest BCUT2D eigenvalue weighted by atomic mass is 35.5. The van der Waals surface area contributed by atoms with E-state index in [-0.39, 0.29) is 23.3 Å². The lowest BCUT2D eigenvalue weighted by molar-refractivity contribution is 0.172. The van der Waals surface area contributed by atoms with Gasteiger partial charge in [0.1, 0.15) is 23.3 Å². The maximum Gasteiger partial charge on any atom is 0.160 e. The third-order valence-electron chi connectivity index (χ3n) is 27.8. The molecule has 2 saturated heterocycles. The van der Waals surface area contributed by atoms with Crippen LogP contribution in [0.15, 0.2) is 329 Å². The van der Waals surface area contributed by atoms with Crippen molar-refractivity contribution < 1.29 is 17.6 Å². The molecular formula is C121H98Cl4F4N16. The molecule has 24 rings (SSSR count). The molecule has 0 atom stereocenters. The first-order chi connectivity index (χ1) is 70.8. The minimum atomic E-state index is -0.383. The first-order valence-electron chi connectivity index (χ1n) is 48.8. The second kappa shape index (κ2) is 43.5. The number of halogens is 8. The predicted octanol–water partition coefficient (Wildman–Crippen LogP) is 29.5. The molecule has 4 aliphatic heterocycles. The number of likely N-dealkylation sites (N-methyl/N-ethyl adjacent to an activating group) is 1. The molecule has 4 aliphatic rings. The van der Waals surface area contributed by atoms with Gasteiger partial charge in [-0.15, -0.1) is 0 Å². The van der Waals surface area contributed by atoms with Crippen molar-refractivity contribution in [3.63, 3.8) is 0 Å². The van der Waals surface area contributed by atoms with Gasteiger partial charge in [-0.3, -0.25) is 24.8 Å². The Balaban J connectivity index is 0.000000114. The van der Waals surface area contributed by atoms with E-state index in [1.165, 1.54) is 121 Å². The van der Waals surface area contributed by atoms with Crippen molar-refractivity contribution in [3.8, 4) is 134 Å². The number of fused-ring (bicyclic) bond motifs is 6. The van der Waals surface area contributed by atoms with E-state index in [1.807, 2.05) is 122 Å². The number of rotatable bonds is 18. The molecule has 0 unspecified atom stereocenters. The van der Waals surface area contributed by atoms with Crippen molar-refractivity contribution in [1.82, 2.24) is 79.8 Å². The lowest BCUT2D eigenvalue weighted by Gasteiger charge is -2.34. The fourth-order valence-electron chi connectivity index (χ4n) is 19.9. The van der Waals surface area contributed by atoms with Gasteiger partial charge in [-0.05, 0) is 351 Å². The monoisotopic (exact) mass is 1990 g/mol. The Morgan fingerprint density at radius 2 is 0.683 bits per heavy atom. The van der Waals surface area contributed by atoms with Crippen LogP contribution in [0.2, 0.25) is 20.1 Å². The Bertz CT molecular complexity index is 8230. The summed E-state index contributed by atoms with van der Waals surface area (Å²) < 4.78 is 58.9. The van der Waals surface area contributed by atoms with Gasteiger partial charge >= 0.3 is 0 Å². The Hall–Kier alpha value is -14.7. The fraction of sp³-hybridized carbons (Fsp3) is 0.174. The van der Waals surface area contributed by atoms with Gasteiger partial charge in [0.05, 0.1) is 22.8 Å². The van der Waals surface area contributed by atoms with Gasteiger partial charge in [-0.1, -0.05) is 126 Å². The van der Waals surface area contributed by atoms with Crippen LogP contribution < -0.4 is 5.32 Å². The van der Waals surface area contributed by atoms with Crippen molar-refractivity contribution in [2.75, 3.05) is 45.8 Å². The molecule has 1 N–H and O–H groups in total. The molecule has 20 aromatic rings. The highest BCUT2D eigenvalue weighted by Gasteiger charge is 2.27. The average molecular weight is 1990 g/mol. The van der Waals surface area contributed by atoms with Crippen molar-refractivity contribution in [3.05, 3.63) is 406 Å². The van der Waals surface area contributed by atoms with Crippen LogP contribution in [0.4, 0.5) is 17.6 Å². The Morgan fingerprint density at radius 1 is 0.331 bits per heavy atom. The summed E-state index contributed by atoms with van der Waals surface area (Å²) in [6.07, 6.45) is 28.8. The van der Waals surface area contributed by atoms with E-state index in [1.54, 1.807) is 49.1 Å².